The summed E-state index contributed by atoms with van der Waals surface area (Å²) < 4.78 is 53.3. The monoisotopic (exact) mass is 575 g/mol. The molecule has 5 rings (SSSR count). The summed E-state index contributed by atoms with van der Waals surface area (Å²) in [5.74, 6) is 0.281. The fraction of sp³-hybridized carbons (Fsp3) is 0.138. The zero-order chi connectivity index (χ0) is 29.3. The van der Waals surface area contributed by atoms with Gasteiger partial charge in [0.25, 0.3) is 15.6 Å². The lowest BCUT2D eigenvalue weighted by molar-refractivity contribution is 0.415. The number of H-pyrrole nitrogens is 1. The van der Waals surface area contributed by atoms with Gasteiger partial charge in [0.2, 0.25) is 5.88 Å². The van der Waals surface area contributed by atoms with Crippen LogP contribution in [0.5, 0.6) is 5.75 Å². The van der Waals surface area contributed by atoms with Crippen molar-refractivity contribution in [1.82, 2.24) is 14.9 Å². The maximum absolute atomic E-state index is 13.6. The number of aromatic nitrogens is 3. The number of nitrogens with zero attached hydrogens (tertiary/aromatic N) is 3. The third-order valence-corrected chi connectivity index (χ3v) is 7.89. The molecular weight excluding hydrogens is 549 g/mol. The zero-order valence-electron chi connectivity index (χ0n) is 22.6. The largest absolute Gasteiger partial charge is 0.497 e. The van der Waals surface area contributed by atoms with E-state index >= 15 is 0 Å². The molecule has 0 spiro atoms. The molecule has 5 aromatic rings. The second-order valence-corrected chi connectivity index (χ2v) is 10.9. The first-order chi connectivity index (χ1) is 19.6. The van der Waals surface area contributed by atoms with E-state index in [1.807, 2.05) is 0 Å². The van der Waals surface area contributed by atoms with Gasteiger partial charge in [-0.25, -0.2) is 22.2 Å². The normalized spacial score (nSPS) is 12.0. The number of aromatic amines is 1. The highest BCUT2D eigenvalue weighted by Gasteiger charge is 2.21. The summed E-state index contributed by atoms with van der Waals surface area (Å²) in [6.45, 7) is 5.11. The SMILES string of the molecule is COc1ccc(-c2[nH]n(-c3ccc(F)cc3)c(=O)c2C(C)=Nc2ccc(S(=O)(=O)Nc3onc(C)c3C)cc2)cc1. The molecule has 0 atom stereocenters. The van der Waals surface area contributed by atoms with E-state index in [1.165, 1.54) is 53.2 Å². The Labute approximate surface area is 235 Å². The number of aliphatic imine (C=N–C) groups is 1. The fourth-order valence-electron chi connectivity index (χ4n) is 4.15. The quantitative estimate of drug-likeness (QED) is 0.234. The van der Waals surface area contributed by atoms with Crippen molar-refractivity contribution in [1.29, 1.82) is 0 Å². The second kappa shape index (κ2) is 10.9. The maximum atomic E-state index is 13.6. The van der Waals surface area contributed by atoms with Crippen LogP contribution in [0.25, 0.3) is 16.9 Å². The summed E-state index contributed by atoms with van der Waals surface area (Å²) in [6, 6.07) is 18.6. The molecule has 2 N–H and O–H groups in total. The lowest BCUT2D eigenvalue weighted by atomic mass is 10.0. The smallest absolute Gasteiger partial charge is 0.280 e. The van der Waals surface area contributed by atoms with E-state index in [0.717, 1.165) is 0 Å². The molecule has 210 valence electrons. The minimum absolute atomic E-state index is 0.00166. The number of sulfonamides is 1. The summed E-state index contributed by atoms with van der Waals surface area (Å²) in [6.07, 6.45) is 0. The average molecular weight is 576 g/mol. The molecule has 0 aliphatic rings. The Hall–Kier alpha value is -4.97. The van der Waals surface area contributed by atoms with E-state index in [2.05, 4.69) is 20.0 Å². The Morgan fingerprint density at radius 2 is 1.68 bits per heavy atom. The van der Waals surface area contributed by atoms with Gasteiger partial charge in [-0.05, 0) is 93.6 Å². The molecule has 0 saturated carbocycles. The molecule has 0 aliphatic heterocycles. The zero-order valence-corrected chi connectivity index (χ0v) is 23.4. The van der Waals surface area contributed by atoms with Crippen LogP contribution in [0.4, 0.5) is 16.0 Å². The summed E-state index contributed by atoms with van der Waals surface area (Å²) in [4.78, 5) is 18.2. The standard InChI is InChI=1S/C29H26FN5O5S/c1-17-18(2)33-40-28(17)34-41(37,38)25-15-9-22(10-16-25)31-19(3)26-27(20-5-13-24(39-4)14-6-20)32-35(29(26)36)23-11-7-21(30)8-12-23/h5-16,32,34H,1-4H3. The van der Waals surface area contributed by atoms with Crippen LogP contribution in [0.15, 0.2) is 92.0 Å². The van der Waals surface area contributed by atoms with Crippen LogP contribution in [0, 0.1) is 19.7 Å². The van der Waals surface area contributed by atoms with Crippen molar-refractivity contribution in [2.24, 2.45) is 4.99 Å². The topological polar surface area (TPSA) is 132 Å². The van der Waals surface area contributed by atoms with Crippen LogP contribution in [-0.2, 0) is 10.0 Å². The van der Waals surface area contributed by atoms with E-state index < -0.39 is 15.8 Å². The predicted molar refractivity (Wildman–Crippen MR) is 153 cm³/mol. The third kappa shape index (κ3) is 5.54. The number of rotatable bonds is 8. The van der Waals surface area contributed by atoms with Gasteiger partial charge in [-0.15, -0.1) is 0 Å². The van der Waals surface area contributed by atoms with Crippen LogP contribution >= 0.6 is 0 Å². The highest BCUT2D eigenvalue weighted by atomic mass is 32.2. The molecule has 12 heteroatoms. The number of hydrogen-bond donors (Lipinski definition) is 2. The van der Waals surface area contributed by atoms with Crippen molar-refractivity contribution in [3.63, 3.8) is 0 Å². The molecule has 2 heterocycles. The summed E-state index contributed by atoms with van der Waals surface area (Å²) >= 11 is 0. The molecule has 0 bridgehead atoms. The van der Waals surface area contributed by atoms with Gasteiger partial charge in [-0.3, -0.25) is 14.9 Å². The van der Waals surface area contributed by atoms with E-state index in [4.69, 9.17) is 9.26 Å². The average Bonchev–Trinajstić information content (AvgIpc) is 3.47. The molecule has 10 nitrogen and oxygen atoms in total. The third-order valence-electron chi connectivity index (χ3n) is 6.54. The number of anilines is 1. The van der Waals surface area contributed by atoms with Gasteiger partial charge in [0, 0.05) is 11.1 Å². The first-order valence-corrected chi connectivity index (χ1v) is 13.9. The Kier molecular flexibility index (Phi) is 7.33. The first kappa shape index (κ1) is 27.6. The molecule has 0 radical (unpaired) electrons. The van der Waals surface area contributed by atoms with Gasteiger partial charge in [0.15, 0.2) is 0 Å². The van der Waals surface area contributed by atoms with E-state index in [1.54, 1.807) is 52.1 Å². The Bertz CT molecular complexity index is 1900. The molecule has 0 unspecified atom stereocenters. The minimum atomic E-state index is -3.93. The van der Waals surface area contributed by atoms with E-state index in [9.17, 15) is 17.6 Å². The molecule has 2 aromatic heterocycles. The van der Waals surface area contributed by atoms with Gasteiger partial charge in [0.1, 0.15) is 11.6 Å². The molecule has 0 fully saturated rings. The minimum Gasteiger partial charge on any atom is -0.497 e. The fourth-order valence-corrected chi connectivity index (χ4v) is 5.20. The Morgan fingerprint density at radius 3 is 2.27 bits per heavy atom. The molecule has 0 saturated heterocycles. The predicted octanol–water partition coefficient (Wildman–Crippen LogP) is 5.53. The van der Waals surface area contributed by atoms with E-state index in [0.29, 0.717) is 50.9 Å². The van der Waals surface area contributed by atoms with Crippen molar-refractivity contribution < 1.29 is 22.1 Å². The number of aryl methyl sites for hydroxylation is 1. The molecule has 0 amide bonds. The number of ether oxygens (including phenoxy) is 1. The first-order valence-electron chi connectivity index (χ1n) is 12.4. The van der Waals surface area contributed by atoms with Gasteiger partial charge < -0.3 is 9.26 Å². The summed E-state index contributed by atoms with van der Waals surface area (Å²) in [5.41, 5.74) is 3.57. The number of methoxy groups -OCH3 is 1. The van der Waals surface area contributed by atoms with Crippen molar-refractivity contribution in [3.05, 3.63) is 106 Å². The van der Waals surface area contributed by atoms with E-state index in [-0.39, 0.29) is 16.3 Å². The lowest BCUT2D eigenvalue weighted by Gasteiger charge is -2.07. The highest BCUT2D eigenvalue weighted by molar-refractivity contribution is 7.92. The van der Waals surface area contributed by atoms with Crippen molar-refractivity contribution >= 4 is 27.3 Å². The maximum Gasteiger partial charge on any atom is 0.280 e. The number of nitrogens with one attached hydrogen (secondary N) is 2. The number of benzene rings is 3. The van der Waals surface area contributed by atoms with Crippen LogP contribution in [0.2, 0.25) is 0 Å². The molecule has 41 heavy (non-hydrogen) atoms. The Morgan fingerprint density at radius 1 is 1.02 bits per heavy atom. The van der Waals surface area contributed by atoms with Crippen molar-refractivity contribution in [3.8, 4) is 22.7 Å². The molecular formula is C29H26FN5O5S. The van der Waals surface area contributed by atoms with Gasteiger partial charge >= 0.3 is 0 Å². The molecule has 0 aliphatic carbocycles. The van der Waals surface area contributed by atoms with Crippen LogP contribution < -0.4 is 15.0 Å². The Balaban J connectivity index is 1.52. The number of halogens is 1. The van der Waals surface area contributed by atoms with Crippen LogP contribution in [0.3, 0.4) is 0 Å². The van der Waals surface area contributed by atoms with Gasteiger partial charge in [0.05, 0.1) is 46.0 Å². The lowest BCUT2D eigenvalue weighted by Crippen LogP contribution is -2.19. The summed E-state index contributed by atoms with van der Waals surface area (Å²) in [7, 11) is -2.37. The second-order valence-electron chi connectivity index (χ2n) is 9.23. The van der Waals surface area contributed by atoms with Gasteiger partial charge in [-0.2, -0.15) is 0 Å². The molecule has 3 aromatic carbocycles. The summed E-state index contributed by atoms with van der Waals surface area (Å²) in [5, 5.41) is 6.89. The highest BCUT2D eigenvalue weighted by Crippen LogP contribution is 2.27. The van der Waals surface area contributed by atoms with Gasteiger partial charge in [-0.1, -0.05) is 5.16 Å². The number of hydrogen-bond acceptors (Lipinski definition) is 7. The van der Waals surface area contributed by atoms with Crippen molar-refractivity contribution in [2.45, 2.75) is 25.7 Å². The van der Waals surface area contributed by atoms with Crippen molar-refractivity contribution in [2.75, 3.05) is 11.8 Å². The van der Waals surface area contributed by atoms with Crippen LogP contribution in [0.1, 0.15) is 23.7 Å². The van der Waals surface area contributed by atoms with Crippen LogP contribution in [-0.4, -0.2) is 36.2 Å².